The Balaban J connectivity index is 2.10. The van der Waals surface area contributed by atoms with Gasteiger partial charge in [-0.25, -0.2) is 4.79 Å². The maximum Gasteiger partial charge on any atom is 0.514 e. The van der Waals surface area contributed by atoms with Crippen LogP contribution in [-0.2, 0) is 9.47 Å². The average molecular weight is 348 g/mol. The second-order valence-electron chi connectivity index (χ2n) is 5.90. The molecule has 0 spiro atoms. The van der Waals surface area contributed by atoms with E-state index in [9.17, 15) is 4.79 Å². The Bertz CT molecular complexity index is 940. The zero-order chi connectivity index (χ0) is 18.5. The summed E-state index contributed by atoms with van der Waals surface area (Å²) >= 11 is 0. The van der Waals surface area contributed by atoms with Crippen molar-refractivity contribution in [2.45, 2.75) is 13.0 Å². The molecular formula is C22H20O4. The maximum atomic E-state index is 12.2. The molecule has 0 aromatic heterocycles. The van der Waals surface area contributed by atoms with E-state index in [4.69, 9.17) is 14.2 Å². The first-order valence-corrected chi connectivity index (χ1v) is 8.24. The fourth-order valence-corrected chi connectivity index (χ4v) is 2.86. The van der Waals surface area contributed by atoms with Gasteiger partial charge in [-0.2, -0.15) is 0 Å². The summed E-state index contributed by atoms with van der Waals surface area (Å²) in [6.45, 7) is 5.18. The first-order valence-electron chi connectivity index (χ1n) is 8.24. The predicted molar refractivity (Wildman–Crippen MR) is 101 cm³/mol. The minimum atomic E-state index is -0.793. The second kappa shape index (κ2) is 7.74. The van der Waals surface area contributed by atoms with Crippen LogP contribution >= 0.6 is 0 Å². The van der Waals surface area contributed by atoms with Gasteiger partial charge in [-0.1, -0.05) is 61.2 Å². The van der Waals surface area contributed by atoms with E-state index in [0.717, 1.165) is 21.9 Å². The molecule has 26 heavy (non-hydrogen) atoms. The van der Waals surface area contributed by atoms with Gasteiger partial charge in [0.1, 0.15) is 11.5 Å². The zero-order valence-corrected chi connectivity index (χ0v) is 14.8. The molecule has 0 amide bonds. The number of ether oxygens (including phenoxy) is 3. The number of hydrogen-bond acceptors (Lipinski definition) is 4. The Kier molecular flexibility index (Phi) is 5.23. The Morgan fingerprint density at radius 2 is 1.73 bits per heavy atom. The van der Waals surface area contributed by atoms with Crippen molar-refractivity contribution >= 4 is 16.9 Å². The molecule has 132 valence electrons. The van der Waals surface area contributed by atoms with Gasteiger partial charge in [-0.05, 0) is 29.8 Å². The summed E-state index contributed by atoms with van der Waals surface area (Å²) in [4.78, 5) is 12.2. The van der Waals surface area contributed by atoms with Crippen LogP contribution in [0.4, 0.5) is 4.79 Å². The third-order valence-corrected chi connectivity index (χ3v) is 3.97. The minimum absolute atomic E-state index is 0.275. The standard InChI is InChI=1S/C22H20O4/c1-15(2)25-22(23)26-21(17-10-6-11-18(14-17)24-3)20-13-7-9-16-8-4-5-12-19(16)20/h4-14,21H,1H2,2-3H3. The van der Waals surface area contributed by atoms with Crippen molar-refractivity contribution in [1.29, 1.82) is 0 Å². The largest absolute Gasteiger partial charge is 0.514 e. The van der Waals surface area contributed by atoms with Crippen LogP contribution in [0.3, 0.4) is 0 Å². The molecule has 0 heterocycles. The summed E-state index contributed by atoms with van der Waals surface area (Å²) in [5, 5.41) is 2.07. The Labute approximate surface area is 152 Å². The van der Waals surface area contributed by atoms with Gasteiger partial charge in [-0.3, -0.25) is 0 Å². The minimum Gasteiger partial charge on any atom is -0.497 e. The highest BCUT2D eigenvalue weighted by Gasteiger charge is 2.22. The van der Waals surface area contributed by atoms with Crippen LogP contribution in [-0.4, -0.2) is 13.3 Å². The average Bonchev–Trinajstić information content (AvgIpc) is 2.65. The summed E-state index contributed by atoms with van der Waals surface area (Å²) in [6, 6.07) is 21.3. The number of carbonyl (C=O) groups is 1. The summed E-state index contributed by atoms with van der Waals surface area (Å²) in [7, 11) is 1.60. The van der Waals surface area contributed by atoms with Crippen molar-refractivity contribution in [2.24, 2.45) is 0 Å². The van der Waals surface area contributed by atoms with E-state index in [1.807, 2.05) is 66.7 Å². The van der Waals surface area contributed by atoms with E-state index in [0.29, 0.717) is 5.75 Å². The maximum absolute atomic E-state index is 12.2. The fourth-order valence-electron chi connectivity index (χ4n) is 2.86. The highest BCUT2D eigenvalue weighted by atomic mass is 16.7. The molecule has 0 aliphatic heterocycles. The molecule has 0 aliphatic rings. The molecule has 4 heteroatoms. The van der Waals surface area contributed by atoms with Crippen LogP contribution in [0.2, 0.25) is 0 Å². The van der Waals surface area contributed by atoms with Crippen molar-refractivity contribution in [2.75, 3.05) is 7.11 Å². The third kappa shape index (κ3) is 3.86. The van der Waals surface area contributed by atoms with E-state index in [1.54, 1.807) is 14.0 Å². The van der Waals surface area contributed by atoms with Gasteiger partial charge in [0.2, 0.25) is 0 Å². The molecule has 3 aromatic carbocycles. The Hall–Kier alpha value is -3.27. The fraction of sp³-hybridized carbons (Fsp3) is 0.136. The molecule has 0 saturated heterocycles. The van der Waals surface area contributed by atoms with Crippen LogP contribution < -0.4 is 4.74 Å². The monoisotopic (exact) mass is 348 g/mol. The number of fused-ring (bicyclic) bond motifs is 1. The lowest BCUT2D eigenvalue weighted by molar-refractivity contribution is 0.0547. The topological polar surface area (TPSA) is 44.8 Å². The van der Waals surface area contributed by atoms with E-state index in [2.05, 4.69) is 6.58 Å². The zero-order valence-electron chi connectivity index (χ0n) is 14.8. The third-order valence-electron chi connectivity index (χ3n) is 3.97. The molecule has 3 rings (SSSR count). The van der Waals surface area contributed by atoms with Crippen molar-refractivity contribution in [1.82, 2.24) is 0 Å². The van der Waals surface area contributed by atoms with Crippen molar-refractivity contribution in [3.63, 3.8) is 0 Å². The Morgan fingerprint density at radius 3 is 2.50 bits per heavy atom. The molecule has 3 aromatic rings. The van der Waals surface area contributed by atoms with Crippen LogP contribution in [0, 0.1) is 0 Å². The second-order valence-corrected chi connectivity index (χ2v) is 5.90. The number of benzene rings is 3. The molecular weight excluding hydrogens is 328 g/mol. The summed E-state index contributed by atoms with van der Waals surface area (Å²) in [5.74, 6) is 0.960. The number of hydrogen-bond donors (Lipinski definition) is 0. The quantitative estimate of drug-likeness (QED) is 0.443. The van der Waals surface area contributed by atoms with Gasteiger partial charge in [0.05, 0.1) is 7.11 Å². The first-order chi connectivity index (χ1) is 12.6. The first kappa shape index (κ1) is 17.5. The lowest BCUT2D eigenvalue weighted by Gasteiger charge is -2.20. The van der Waals surface area contributed by atoms with Gasteiger partial charge < -0.3 is 14.2 Å². The molecule has 0 radical (unpaired) electrons. The molecule has 4 nitrogen and oxygen atoms in total. The summed E-state index contributed by atoms with van der Waals surface area (Å²) in [6.07, 6.45) is -1.43. The van der Waals surface area contributed by atoms with Crippen LogP contribution in [0.15, 0.2) is 79.1 Å². The van der Waals surface area contributed by atoms with Gasteiger partial charge in [0.15, 0.2) is 6.10 Å². The lowest BCUT2D eigenvalue weighted by atomic mass is 9.95. The van der Waals surface area contributed by atoms with Crippen molar-refractivity contribution < 1.29 is 19.0 Å². The van der Waals surface area contributed by atoms with Crippen molar-refractivity contribution in [3.05, 3.63) is 90.2 Å². The van der Waals surface area contributed by atoms with E-state index < -0.39 is 12.3 Å². The van der Waals surface area contributed by atoms with Gasteiger partial charge in [-0.15, -0.1) is 0 Å². The Morgan fingerprint density at radius 1 is 1.00 bits per heavy atom. The summed E-state index contributed by atoms with van der Waals surface area (Å²) < 4.78 is 16.0. The van der Waals surface area contributed by atoms with Gasteiger partial charge in [0, 0.05) is 11.1 Å². The molecule has 1 unspecified atom stereocenters. The van der Waals surface area contributed by atoms with E-state index in [1.165, 1.54) is 0 Å². The van der Waals surface area contributed by atoms with Crippen LogP contribution in [0.25, 0.3) is 10.8 Å². The normalized spacial score (nSPS) is 11.6. The molecule has 0 saturated carbocycles. The molecule has 0 fully saturated rings. The lowest BCUT2D eigenvalue weighted by Crippen LogP contribution is -2.14. The van der Waals surface area contributed by atoms with Gasteiger partial charge >= 0.3 is 6.16 Å². The molecule has 0 bridgehead atoms. The summed E-state index contributed by atoms with van der Waals surface area (Å²) in [5.41, 5.74) is 1.66. The SMILES string of the molecule is C=C(C)OC(=O)OC(c1cccc(OC)c1)c1cccc2ccccc12. The molecule has 1 atom stereocenters. The van der Waals surface area contributed by atoms with E-state index in [-0.39, 0.29) is 5.76 Å². The van der Waals surface area contributed by atoms with Crippen LogP contribution in [0.1, 0.15) is 24.2 Å². The van der Waals surface area contributed by atoms with Crippen molar-refractivity contribution in [3.8, 4) is 5.75 Å². The van der Waals surface area contributed by atoms with Crippen LogP contribution in [0.5, 0.6) is 5.75 Å². The molecule has 0 N–H and O–H groups in total. The van der Waals surface area contributed by atoms with Gasteiger partial charge in [0.25, 0.3) is 0 Å². The highest BCUT2D eigenvalue weighted by Crippen LogP contribution is 2.33. The predicted octanol–water partition coefficient (Wildman–Crippen LogP) is 5.62. The number of carbonyl (C=O) groups excluding carboxylic acids is 1. The number of rotatable bonds is 5. The number of allylic oxidation sites excluding steroid dienone is 1. The smallest absolute Gasteiger partial charge is 0.497 e. The van der Waals surface area contributed by atoms with E-state index >= 15 is 0 Å². The molecule has 0 aliphatic carbocycles. The highest BCUT2D eigenvalue weighted by molar-refractivity contribution is 5.86. The number of methoxy groups -OCH3 is 1.